The van der Waals surface area contributed by atoms with Crippen molar-refractivity contribution in [1.29, 1.82) is 0 Å². The maximum absolute atomic E-state index is 12.1. The third-order valence-electron chi connectivity index (χ3n) is 3.94. The molecule has 3 rings (SSSR count). The molecule has 152 valence electrons. The SMILES string of the molecule is O=C(COc1ccccc1[N+](=O)[O-])Oc1ccc(C(=O)OCc2ccccc2)cc1. The number of hydrogen-bond donors (Lipinski definition) is 0. The van der Waals surface area contributed by atoms with Crippen LogP contribution in [0.1, 0.15) is 15.9 Å². The maximum atomic E-state index is 12.1. The summed E-state index contributed by atoms with van der Waals surface area (Å²) in [5.41, 5.74) is 0.931. The Morgan fingerprint density at radius 3 is 2.23 bits per heavy atom. The number of ether oxygens (including phenoxy) is 3. The van der Waals surface area contributed by atoms with Crippen molar-refractivity contribution in [2.45, 2.75) is 6.61 Å². The molecule has 30 heavy (non-hydrogen) atoms. The fourth-order valence-corrected chi connectivity index (χ4v) is 2.49. The molecule has 0 aromatic heterocycles. The lowest BCUT2D eigenvalue weighted by Gasteiger charge is -2.08. The van der Waals surface area contributed by atoms with Crippen LogP contribution in [0.2, 0.25) is 0 Å². The summed E-state index contributed by atoms with van der Waals surface area (Å²) in [7, 11) is 0. The topological polar surface area (TPSA) is 105 Å². The Morgan fingerprint density at radius 2 is 1.53 bits per heavy atom. The summed E-state index contributed by atoms with van der Waals surface area (Å²) in [4.78, 5) is 34.4. The van der Waals surface area contributed by atoms with Gasteiger partial charge in [0.1, 0.15) is 12.4 Å². The summed E-state index contributed by atoms with van der Waals surface area (Å²) >= 11 is 0. The predicted molar refractivity (Wildman–Crippen MR) is 106 cm³/mol. The van der Waals surface area contributed by atoms with Gasteiger partial charge in [-0.3, -0.25) is 10.1 Å². The van der Waals surface area contributed by atoms with E-state index in [0.29, 0.717) is 5.56 Å². The Kier molecular flexibility index (Phi) is 6.73. The minimum absolute atomic E-state index is 0.0315. The quantitative estimate of drug-likeness (QED) is 0.241. The van der Waals surface area contributed by atoms with Crippen LogP contribution in [-0.2, 0) is 16.1 Å². The van der Waals surface area contributed by atoms with Crippen LogP contribution in [0.15, 0.2) is 78.9 Å². The molecule has 8 nitrogen and oxygen atoms in total. The molecule has 0 saturated carbocycles. The van der Waals surface area contributed by atoms with Gasteiger partial charge in [-0.25, -0.2) is 9.59 Å². The molecular formula is C22H17NO7. The third kappa shape index (κ3) is 5.65. The van der Waals surface area contributed by atoms with Crippen LogP contribution in [0.3, 0.4) is 0 Å². The van der Waals surface area contributed by atoms with Gasteiger partial charge in [-0.05, 0) is 35.9 Å². The second-order valence-corrected chi connectivity index (χ2v) is 6.07. The normalized spacial score (nSPS) is 10.1. The summed E-state index contributed by atoms with van der Waals surface area (Å²) in [6.07, 6.45) is 0. The molecule has 0 heterocycles. The van der Waals surface area contributed by atoms with E-state index >= 15 is 0 Å². The Morgan fingerprint density at radius 1 is 0.867 bits per heavy atom. The minimum atomic E-state index is -0.743. The maximum Gasteiger partial charge on any atom is 0.349 e. The molecule has 0 radical (unpaired) electrons. The molecule has 0 N–H and O–H groups in total. The van der Waals surface area contributed by atoms with Crippen molar-refractivity contribution >= 4 is 17.6 Å². The van der Waals surface area contributed by atoms with Gasteiger partial charge >= 0.3 is 17.6 Å². The minimum Gasteiger partial charge on any atom is -0.475 e. The zero-order valence-electron chi connectivity index (χ0n) is 15.7. The van der Waals surface area contributed by atoms with Crippen LogP contribution >= 0.6 is 0 Å². The van der Waals surface area contributed by atoms with Gasteiger partial charge in [0.05, 0.1) is 10.5 Å². The molecule has 0 saturated heterocycles. The number of para-hydroxylation sites is 2. The summed E-state index contributed by atoms with van der Waals surface area (Å²) < 4.78 is 15.5. The molecule has 0 spiro atoms. The molecule has 0 aliphatic heterocycles. The van der Waals surface area contributed by atoms with Crippen molar-refractivity contribution in [3.05, 3.63) is 100 Å². The molecule has 3 aromatic rings. The Labute approximate surface area is 171 Å². The van der Waals surface area contributed by atoms with Crippen LogP contribution in [0, 0.1) is 10.1 Å². The molecule has 8 heteroatoms. The van der Waals surface area contributed by atoms with Crippen molar-refractivity contribution in [3.8, 4) is 11.5 Å². The first-order chi connectivity index (χ1) is 14.5. The molecular weight excluding hydrogens is 390 g/mol. The first-order valence-electron chi connectivity index (χ1n) is 8.91. The van der Waals surface area contributed by atoms with E-state index in [-0.39, 0.29) is 23.8 Å². The van der Waals surface area contributed by atoms with Crippen LogP contribution in [0.4, 0.5) is 5.69 Å². The second-order valence-electron chi connectivity index (χ2n) is 6.07. The standard InChI is InChI=1S/C22H17NO7/c24-21(15-28-20-9-5-4-8-19(20)23(26)27)30-18-12-10-17(11-13-18)22(25)29-14-16-6-2-1-3-7-16/h1-13H,14-15H2. The van der Waals surface area contributed by atoms with Crippen molar-refractivity contribution in [3.63, 3.8) is 0 Å². The molecule has 0 bridgehead atoms. The highest BCUT2D eigenvalue weighted by atomic mass is 16.6. The molecule has 3 aromatic carbocycles. The first-order valence-corrected chi connectivity index (χ1v) is 8.91. The largest absolute Gasteiger partial charge is 0.475 e. The van der Waals surface area contributed by atoms with Crippen molar-refractivity contribution in [1.82, 2.24) is 0 Å². The summed E-state index contributed by atoms with van der Waals surface area (Å²) in [5.74, 6) is -1.08. The summed E-state index contributed by atoms with van der Waals surface area (Å²) in [6, 6.07) is 20.8. The zero-order chi connectivity index (χ0) is 21.3. The zero-order valence-corrected chi connectivity index (χ0v) is 15.7. The monoisotopic (exact) mass is 407 g/mol. The number of hydrogen-bond acceptors (Lipinski definition) is 7. The Hall–Kier alpha value is -4.20. The summed E-state index contributed by atoms with van der Waals surface area (Å²) in [6.45, 7) is -0.356. The van der Waals surface area contributed by atoms with Gasteiger partial charge in [0.2, 0.25) is 0 Å². The van der Waals surface area contributed by atoms with Gasteiger partial charge in [0.15, 0.2) is 12.4 Å². The number of nitro benzene ring substituents is 1. The van der Waals surface area contributed by atoms with Crippen molar-refractivity contribution < 1.29 is 28.7 Å². The lowest BCUT2D eigenvalue weighted by Crippen LogP contribution is -2.18. The second kappa shape index (κ2) is 9.83. The van der Waals surface area contributed by atoms with Gasteiger partial charge in [-0.2, -0.15) is 0 Å². The van der Waals surface area contributed by atoms with E-state index in [0.717, 1.165) is 5.56 Å². The van der Waals surface area contributed by atoms with Gasteiger partial charge in [0, 0.05) is 6.07 Å². The highest BCUT2D eigenvalue weighted by Crippen LogP contribution is 2.25. The van der Waals surface area contributed by atoms with Crippen LogP contribution < -0.4 is 9.47 Å². The third-order valence-corrected chi connectivity index (χ3v) is 3.94. The number of nitrogens with zero attached hydrogens (tertiary/aromatic N) is 1. The van der Waals surface area contributed by atoms with Gasteiger partial charge in [-0.15, -0.1) is 0 Å². The van der Waals surface area contributed by atoms with Gasteiger partial charge < -0.3 is 14.2 Å². The lowest BCUT2D eigenvalue weighted by atomic mass is 10.2. The number of nitro groups is 1. The Balaban J connectivity index is 1.51. The fourth-order valence-electron chi connectivity index (χ4n) is 2.49. The van der Waals surface area contributed by atoms with Crippen molar-refractivity contribution in [2.24, 2.45) is 0 Å². The number of carbonyl (C=O) groups excluding carboxylic acids is 2. The van der Waals surface area contributed by atoms with E-state index in [1.165, 1.54) is 42.5 Å². The number of benzene rings is 3. The number of esters is 2. The van der Waals surface area contributed by atoms with E-state index in [9.17, 15) is 19.7 Å². The van der Waals surface area contributed by atoms with Gasteiger partial charge in [0.25, 0.3) is 0 Å². The molecule has 0 unspecified atom stereocenters. The van der Waals surface area contributed by atoms with Gasteiger partial charge in [-0.1, -0.05) is 42.5 Å². The first kappa shape index (κ1) is 20.5. The van der Waals surface area contributed by atoms with E-state index in [1.54, 1.807) is 6.07 Å². The molecule has 0 fully saturated rings. The molecule has 0 amide bonds. The highest BCUT2D eigenvalue weighted by Gasteiger charge is 2.16. The van der Waals surface area contributed by atoms with E-state index in [1.807, 2.05) is 30.3 Å². The predicted octanol–water partition coefficient (Wildman–Crippen LogP) is 3.94. The smallest absolute Gasteiger partial charge is 0.349 e. The van der Waals surface area contributed by atoms with E-state index in [4.69, 9.17) is 14.2 Å². The lowest BCUT2D eigenvalue weighted by molar-refractivity contribution is -0.385. The number of carbonyl (C=O) groups is 2. The Bertz CT molecular complexity index is 1030. The average molecular weight is 407 g/mol. The fraction of sp³-hybridized carbons (Fsp3) is 0.0909. The molecule has 0 aliphatic carbocycles. The van der Waals surface area contributed by atoms with E-state index < -0.39 is 23.5 Å². The molecule has 0 aliphatic rings. The molecule has 0 atom stereocenters. The number of rotatable bonds is 8. The van der Waals surface area contributed by atoms with Crippen LogP contribution in [-0.4, -0.2) is 23.5 Å². The van der Waals surface area contributed by atoms with Crippen molar-refractivity contribution in [2.75, 3.05) is 6.61 Å². The van der Waals surface area contributed by atoms with Crippen LogP contribution in [0.25, 0.3) is 0 Å². The highest BCUT2D eigenvalue weighted by molar-refractivity contribution is 5.89. The average Bonchev–Trinajstić information content (AvgIpc) is 2.77. The summed E-state index contributed by atoms with van der Waals surface area (Å²) in [5, 5.41) is 10.9. The van der Waals surface area contributed by atoms with Crippen LogP contribution in [0.5, 0.6) is 11.5 Å². The van der Waals surface area contributed by atoms with E-state index in [2.05, 4.69) is 0 Å².